The first kappa shape index (κ1) is 20.8. The molecular weight excluding hydrogens is 388 g/mol. The van der Waals surface area contributed by atoms with Crippen LogP contribution in [0.15, 0.2) is 79.0 Å². The molecule has 3 N–H and O–H groups in total. The van der Waals surface area contributed by atoms with Gasteiger partial charge in [0.2, 0.25) is 0 Å². The number of rotatable bonds is 9. The maximum absolute atomic E-state index is 13.6. The Morgan fingerprint density at radius 3 is 2.10 bits per heavy atom. The topological polar surface area (TPSA) is 99.3 Å². The van der Waals surface area contributed by atoms with Gasteiger partial charge in [0.1, 0.15) is 0 Å². The lowest BCUT2D eigenvalue weighted by Gasteiger charge is -2.30. The van der Waals surface area contributed by atoms with Gasteiger partial charge in [-0.3, -0.25) is 10.0 Å². The Kier molecular flexibility index (Phi) is 6.51. The normalized spacial score (nSPS) is 13.6. The van der Waals surface area contributed by atoms with Crippen molar-refractivity contribution < 1.29 is 18.4 Å². The van der Waals surface area contributed by atoms with Gasteiger partial charge in [-0.25, -0.2) is 13.9 Å². The smallest absolute Gasteiger partial charge is 0.270 e. The monoisotopic (exact) mass is 412 g/mol. The Balaban J connectivity index is 1.98. The summed E-state index contributed by atoms with van der Waals surface area (Å²) in [5.74, 6) is -1.27. The lowest BCUT2D eigenvalue weighted by atomic mass is 9.95. The van der Waals surface area contributed by atoms with E-state index in [2.05, 4.69) is 4.98 Å². The van der Waals surface area contributed by atoms with Gasteiger partial charge in [-0.1, -0.05) is 60.7 Å². The molecule has 0 radical (unpaired) electrons. The first-order valence-corrected chi connectivity index (χ1v) is 11.0. The van der Waals surface area contributed by atoms with Crippen LogP contribution >= 0.6 is 0 Å². The first-order chi connectivity index (χ1) is 14.0. The zero-order valence-corrected chi connectivity index (χ0v) is 16.7. The molecule has 3 rings (SSSR count). The Morgan fingerprint density at radius 2 is 1.55 bits per heavy atom. The van der Waals surface area contributed by atoms with Gasteiger partial charge in [-0.15, -0.1) is 0 Å². The summed E-state index contributed by atoms with van der Waals surface area (Å²) in [7, 11) is -4.03. The molecule has 29 heavy (non-hydrogen) atoms. The lowest BCUT2D eigenvalue weighted by molar-refractivity contribution is -0.132. The summed E-state index contributed by atoms with van der Waals surface area (Å²) in [5, 5.41) is 9.44. The summed E-state index contributed by atoms with van der Waals surface area (Å²) in [5.41, 5.74) is 3.47. The fraction of sp³-hybridized carbons (Fsp3) is 0.227. The van der Waals surface area contributed by atoms with Gasteiger partial charge in [0.25, 0.3) is 5.91 Å². The number of carbonyl (C=O) groups is 1. The highest BCUT2D eigenvalue weighted by atomic mass is 32.2. The molecule has 6 nitrogen and oxygen atoms in total. The summed E-state index contributed by atoms with van der Waals surface area (Å²) in [6.07, 6.45) is 2.67. The van der Waals surface area contributed by atoms with E-state index in [1.165, 1.54) is 0 Å². The second-order valence-electron chi connectivity index (χ2n) is 6.94. The largest absolute Gasteiger partial charge is 0.363 e. The third-order valence-electron chi connectivity index (χ3n) is 5.07. The molecule has 0 fully saturated rings. The Hall–Kier alpha value is -2.90. The van der Waals surface area contributed by atoms with Crippen LogP contribution < -0.4 is 5.48 Å². The van der Waals surface area contributed by atoms with Crippen LogP contribution in [-0.4, -0.2) is 24.5 Å². The van der Waals surface area contributed by atoms with Crippen molar-refractivity contribution in [2.24, 2.45) is 0 Å². The van der Waals surface area contributed by atoms with Crippen molar-refractivity contribution in [3.8, 4) is 0 Å². The van der Waals surface area contributed by atoms with Gasteiger partial charge in [0.05, 0.1) is 5.75 Å². The van der Waals surface area contributed by atoms with E-state index in [9.17, 15) is 18.4 Å². The fourth-order valence-corrected chi connectivity index (χ4v) is 5.73. The number of aromatic amines is 1. The Labute approximate surface area is 170 Å². The Bertz CT molecular complexity index is 1020. The van der Waals surface area contributed by atoms with Crippen molar-refractivity contribution in [3.05, 3.63) is 95.8 Å². The number of amides is 1. The molecule has 0 bridgehead atoms. The van der Waals surface area contributed by atoms with Crippen molar-refractivity contribution >= 4 is 15.7 Å². The Morgan fingerprint density at radius 1 is 0.931 bits per heavy atom. The van der Waals surface area contributed by atoms with Crippen molar-refractivity contribution in [1.82, 2.24) is 10.5 Å². The second-order valence-corrected chi connectivity index (χ2v) is 9.15. The summed E-state index contributed by atoms with van der Waals surface area (Å²) in [4.78, 5) is 15.7. The van der Waals surface area contributed by atoms with E-state index in [1.807, 2.05) is 30.3 Å². The minimum atomic E-state index is -4.03. The van der Waals surface area contributed by atoms with E-state index < -0.39 is 20.5 Å². The third-order valence-corrected chi connectivity index (χ3v) is 7.45. The van der Waals surface area contributed by atoms with E-state index in [0.29, 0.717) is 18.4 Å². The molecule has 152 valence electrons. The molecule has 0 saturated heterocycles. The van der Waals surface area contributed by atoms with Gasteiger partial charge >= 0.3 is 0 Å². The first-order valence-electron chi connectivity index (χ1n) is 9.38. The van der Waals surface area contributed by atoms with Crippen molar-refractivity contribution in [3.63, 3.8) is 0 Å². The molecule has 2 aromatic carbocycles. The number of sulfone groups is 1. The molecule has 0 aliphatic carbocycles. The molecule has 0 spiro atoms. The van der Waals surface area contributed by atoms with E-state index in [-0.39, 0.29) is 17.9 Å². The highest BCUT2D eigenvalue weighted by Crippen LogP contribution is 2.37. The van der Waals surface area contributed by atoms with Gasteiger partial charge in [-0.2, -0.15) is 0 Å². The highest BCUT2D eigenvalue weighted by Gasteiger charge is 2.52. The number of hydrogen-bond acceptors (Lipinski definition) is 4. The minimum Gasteiger partial charge on any atom is -0.363 e. The van der Waals surface area contributed by atoms with Gasteiger partial charge in [0.15, 0.2) is 14.6 Å². The summed E-state index contributed by atoms with van der Waals surface area (Å²) >= 11 is 0. The highest BCUT2D eigenvalue weighted by molar-refractivity contribution is 7.92. The SMILES string of the molecule is O=C(NO)C(CCCc1ccccc1)(c1ccc[nH]1)S(=O)(=O)Cc1ccccc1. The van der Waals surface area contributed by atoms with Crippen LogP contribution in [0.4, 0.5) is 0 Å². The second kappa shape index (κ2) is 9.07. The molecule has 1 unspecified atom stereocenters. The van der Waals surface area contributed by atoms with Crippen LogP contribution in [0.25, 0.3) is 0 Å². The van der Waals surface area contributed by atoms with Crippen LogP contribution in [0.3, 0.4) is 0 Å². The van der Waals surface area contributed by atoms with E-state index in [0.717, 1.165) is 5.56 Å². The van der Waals surface area contributed by atoms with Crippen LogP contribution in [0, 0.1) is 0 Å². The molecule has 7 heteroatoms. The number of H-pyrrole nitrogens is 1. The molecule has 3 aromatic rings. The van der Waals surface area contributed by atoms with Crippen LogP contribution in [0.2, 0.25) is 0 Å². The predicted octanol–water partition coefficient (Wildman–Crippen LogP) is 3.35. The van der Waals surface area contributed by atoms with Gasteiger partial charge in [-0.05, 0) is 42.5 Å². The number of carbonyl (C=O) groups excluding carboxylic acids is 1. The zero-order chi connectivity index (χ0) is 20.7. The van der Waals surface area contributed by atoms with Crippen LogP contribution in [0.1, 0.15) is 29.7 Å². The van der Waals surface area contributed by atoms with Crippen molar-refractivity contribution in [2.45, 2.75) is 29.8 Å². The number of hydroxylamine groups is 1. The number of nitrogens with one attached hydrogen (secondary N) is 2. The quantitative estimate of drug-likeness (QED) is 0.371. The minimum absolute atomic E-state index is 0.0317. The maximum atomic E-state index is 13.6. The molecule has 0 aliphatic rings. The predicted molar refractivity (Wildman–Crippen MR) is 111 cm³/mol. The molecule has 0 aliphatic heterocycles. The average Bonchev–Trinajstić information content (AvgIpc) is 3.26. The van der Waals surface area contributed by atoms with E-state index >= 15 is 0 Å². The third kappa shape index (κ3) is 4.41. The van der Waals surface area contributed by atoms with E-state index in [1.54, 1.807) is 54.1 Å². The summed E-state index contributed by atoms with van der Waals surface area (Å²) < 4.78 is 25.2. The van der Waals surface area contributed by atoms with Crippen LogP contribution in [-0.2, 0) is 31.6 Å². The molecule has 1 heterocycles. The molecule has 0 saturated carbocycles. The van der Waals surface area contributed by atoms with Gasteiger partial charge < -0.3 is 4.98 Å². The number of hydrogen-bond donors (Lipinski definition) is 3. The van der Waals surface area contributed by atoms with E-state index in [4.69, 9.17) is 0 Å². The fourth-order valence-electron chi connectivity index (χ4n) is 3.61. The molecular formula is C22H24N2O4S. The summed E-state index contributed by atoms with van der Waals surface area (Å²) in [6.45, 7) is 0. The van der Waals surface area contributed by atoms with Crippen LogP contribution in [0.5, 0.6) is 0 Å². The summed E-state index contributed by atoms with van der Waals surface area (Å²) in [6, 6.07) is 21.6. The molecule has 1 aromatic heterocycles. The lowest BCUT2D eigenvalue weighted by Crippen LogP contribution is -2.50. The number of benzene rings is 2. The average molecular weight is 413 g/mol. The zero-order valence-electron chi connectivity index (χ0n) is 15.9. The molecule has 1 atom stereocenters. The van der Waals surface area contributed by atoms with Crippen molar-refractivity contribution in [1.29, 1.82) is 0 Å². The standard InChI is InChI=1S/C22H24N2O4S/c25-21(24-26)22(20-14-8-16-23-20,15-7-13-18-9-3-1-4-10-18)29(27,28)17-19-11-5-2-6-12-19/h1-6,8-12,14,16,23,26H,7,13,15,17H2,(H,24,25). The number of aryl methyl sites for hydroxylation is 1. The molecule has 1 amide bonds. The van der Waals surface area contributed by atoms with Crippen molar-refractivity contribution in [2.75, 3.05) is 0 Å². The number of aromatic nitrogens is 1. The maximum Gasteiger partial charge on any atom is 0.270 e. The van der Waals surface area contributed by atoms with Gasteiger partial charge in [0, 0.05) is 11.9 Å².